The summed E-state index contributed by atoms with van der Waals surface area (Å²) in [5.74, 6) is 0.0856. The van der Waals surface area contributed by atoms with Crippen LogP contribution in [0.2, 0.25) is 0 Å². The topological polar surface area (TPSA) is 296 Å². The molecule has 0 saturated carbocycles. The van der Waals surface area contributed by atoms with Gasteiger partial charge in [-0.3, -0.25) is 9.09 Å². The molecule has 1 unspecified atom stereocenters. The first-order chi connectivity index (χ1) is 12.5. The molecule has 5 atom stereocenters. The Bertz CT molecular complexity index is 941. The van der Waals surface area contributed by atoms with E-state index >= 15 is 0 Å². The number of hydrogen-bond acceptors (Lipinski definition) is 11. The van der Waals surface area contributed by atoms with E-state index in [1.54, 1.807) is 0 Å². The van der Waals surface area contributed by atoms with Gasteiger partial charge < -0.3 is 46.3 Å². The van der Waals surface area contributed by atoms with Gasteiger partial charge in [0.15, 0.2) is 17.7 Å². The molecule has 30 heavy (non-hydrogen) atoms. The summed E-state index contributed by atoms with van der Waals surface area (Å²) < 4.78 is 36.8. The van der Waals surface area contributed by atoms with Crippen LogP contribution in [0.25, 0.3) is 11.2 Å². The Morgan fingerprint density at radius 3 is 2.37 bits per heavy atom. The molecule has 2 aromatic rings. The third kappa shape index (κ3) is 6.77. The number of anilines is 1. The van der Waals surface area contributed by atoms with Gasteiger partial charge in [0.25, 0.3) is 0 Å². The number of aromatic nitrogens is 4. The smallest absolute Gasteiger partial charge is 0.412 e. The van der Waals surface area contributed by atoms with Crippen LogP contribution in [-0.2, 0) is 22.7 Å². The number of nitrogens with zero attached hydrogens (tertiary/aromatic N) is 4. The van der Waals surface area contributed by atoms with Crippen LogP contribution in [0, 0.1) is 0 Å². The molecule has 17 nitrogen and oxygen atoms in total. The summed E-state index contributed by atoms with van der Waals surface area (Å²) in [4.78, 5) is 38.1. The molecule has 1 aliphatic rings. The minimum Gasteiger partial charge on any atom is -0.412 e. The fourth-order valence-corrected chi connectivity index (χ4v) is 4.08. The van der Waals surface area contributed by atoms with Crippen molar-refractivity contribution in [1.82, 2.24) is 19.5 Å². The summed E-state index contributed by atoms with van der Waals surface area (Å²) in [7, 11) is -10.4. The van der Waals surface area contributed by atoms with Gasteiger partial charge >= 0.3 is 15.6 Å². The van der Waals surface area contributed by atoms with Crippen molar-refractivity contribution in [2.24, 2.45) is 0 Å². The number of phosphoric ester groups is 1. The third-order valence-electron chi connectivity index (χ3n) is 3.61. The second kappa shape index (κ2) is 11.3. The largest absolute Gasteiger partial charge is 0.481 e. The summed E-state index contributed by atoms with van der Waals surface area (Å²) in [6.07, 6.45) is -3.20. The molecule has 3 rings (SSSR count). The zero-order chi connectivity index (χ0) is 20.0. The van der Waals surface area contributed by atoms with E-state index in [0.29, 0.717) is 0 Å². The van der Waals surface area contributed by atoms with E-state index in [1.165, 1.54) is 10.9 Å². The Balaban J connectivity index is 0.00000280. The monoisotopic (exact) mass is 502 g/mol. The molecule has 2 aromatic heterocycles. The molecule has 0 amide bonds. The van der Waals surface area contributed by atoms with Gasteiger partial charge in [0, 0.05) is 51.4 Å². The Hall–Kier alpha value is 0.0464. The molecule has 1 radical (unpaired) electrons. The number of aliphatic hydroxyl groups is 2. The zero-order valence-corrected chi connectivity index (χ0v) is 20.1. The van der Waals surface area contributed by atoms with E-state index in [4.69, 9.17) is 20.3 Å². The van der Waals surface area contributed by atoms with Crippen LogP contribution in [0.1, 0.15) is 6.23 Å². The zero-order valence-electron chi connectivity index (χ0n) is 15.2. The number of nitrogens with two attached hydrogens (primary N) is 1. The summed E-state index contributed by atoms with van der Waals surface area (Å²) in [5.41, 5.74) is 6.11. The normalized spacial score (nSPS) is 25.6. The first-order valence-electron chi connectivity index (χ1n) is 7.17. The number of phosphoric acid groups is 2. The maximum atomic E-state index is 11.5. The second-order valence-electron chi connectivity index (χ2n) is 5.47. The van der Waals surface area contributed by atoms with E-state index in [2.05, 4.69) is 23.8 Å². The number of rotatable bonds is 6. The average molecular weight is 502 g/mol. The van der Waals surface area contributed by atoms with E-state index in [0.717, 1.165) is 6.33 Å². The van der Waals surface area contributed by atoms with Gasteiger partial charge in [0.05, 0.1) is 12.9 Å². The van der Waals surface area contributed by atoms with Gasteiger partial charge in [0.1, 0.15) is 30.2 Å². The molecule has 11 N–H and O–H groups in total. The van der Waals surface area contributed by atoms with Crippen LogP contribution < -0.4 is 5.73 Å². The first-order valence-corrected chi connectivity index (χ1v) is 10.2. The van der Waals surface area contributed by atoms with Gasteiger partial charge in [0.2, 0.25) is 0 Å². The average Bonchev–Trinajstić information content (AvgIpc) is 3.07. The van der Waals surface area contributed by atoms with Crippen LogP contribution in [0.4, 0.5) is 5.82 Å². The van der Waals surface area contributed by atoms with Crippen molar-refractivity contribution in [1.29, 1.82) is 0 Å². The Labute approximate surface area is 210 Å². The number of hydrogen-bond donors (Lipinski definition) is 6. The van der Waals surface area contributed by atoms with Crippen molar-refractivity contribution in [2.75, 3.05) is 12.3 Å². The molecule has 0 aromatic carbocycles. The van der Waals surface area contributed by atoms with E-state index in [9.17, 15) is 24.2 Å². The van der Waals surface area contributed by atoms with Crippen LogP contribution >= 0.6 is 15.6 Å². The summed E-state index contributed by atoms with van der Waals surface area (Å²) in [6, 6.07) is 0. The second-order valence-corrected chi connectivity index (χ2v) is 8.30. The van der Waals surface area contributed by atoms with Crippen molar-refractivity contribution >= 4 is 84.0 Å². The molecular weight excluding hydrogens is 483 g/mol. The van der Waals surface area contributed by atoms with Crippen molar-refractivity contribution in [2.45, 2.75) is 24.5 Å². The number of fused-ring (bicyclic) bond motifs is 1. The predicted molar refractivity (Wildman–Crippen MR) is 97.5 cm³/mol. The molecule has 0 bridgehead atoms. The molecule has 1 saturated heterocycles. The number of aliphatic hydroxyl groups excluding tert-OH is 2. The number of nitrogen functional groups attached to an aromatic ring is 1. The standard InChI is InChI=1S/C10H15N5O10P2.K.2H2O/c11-8-5-9(13-2-12-8)15(3-14-5)10-7(17)6(16)4(24-10)1-23-27(21,22)25-26(18,19)20;;;/h2-4,6-7,10,16-17H,1H2,(H,21,22)(H2,11,12,13)(H2,18,19,20);;2*1H2/t4-,6-,7-,10-;;;/m1.../s1. The number of imidazole rings is 1. The van der Waals surface area contributed by atoms with E-state index < -0.39 is 46.8 Å². The van der Waals surface area contributed by atoms with Gasteiger partial charge in [-0.1, -0.05) is 0 Å². The van der Waals surface area contributed by atoms with Gasteiger partial charge in [-0.25, -0.2) is 24.1 Å². The van der Waals surface area contributed by atoms with Gasteiger partial charge in [-0.05, 0) is 0 Å². The molecule has 1 fully saturated rings. The van der Waals surface area contributed by atoms with Crippen molar-refractivity contribution in [3.63, 3.8) is 0 Å². The van der Waals surface area contributed by atoms with Crippen LogP contribution in [0.3, 0.4) is 0 Å². The summed E-state index contributed by atoms with van der Waals surface area (Å²) in [5, 5.41) is 20.3. The molecule has 167 valence electrons. The summed E-state index contributed by atoms with van der Waals surface area (Å²) >= 11 is 0. The molecule has 0 aliphatic carbocycles. The minimum absolute atomic E-state index is 0. The van der Waals surface area contributed by atoms with Crippen molar-refractivity contribution < 1.29 is 58.5 Å². The fourth-order valence-electron chi connectivity index (χ4n) is 2.48. The maximum Gasteiger partial charge on any atom is 0.481 e. The van der Waals surface area contributed by atoms with Gasteiger partial charge in [-0.15, -0.1) is 0 Å². The maximum absolute atomic E-state index is 11.5. The quantitative estimate of drug-likeness (QED) is 0.163. The Morgan fingerprint density at radius 2 is 1.77 bits per heavy atom. The first kappa shape index (κ1) is 30.0. The van der Waals surface area contributed by atoms with Crippen molar-refractivity contribution in [3.05, 3.63) is 12.7 Å². The molecule has 20 heteroatoms. The van der Waals surface area contributed by atoms with Crippen LogP contribution in [-0.4, -0.2) is 132 Å². The number of ether oxygens (including phenoxy) is 1. The molecule has 3 heterocycles. The Kier molecular flexibility index (Phi) is 11.3. The van der Waals surface area contributed by atoms with E-state index in [1.807, 2.05) is 0 Å². The third-order valence-corrected chi connectivity index (χ3v) is 5.76. The Morgan fingerprint density at radius 1 is 1.13 bits per heavy atom. The predicted octanol–water partition coefficient (Wildman–Crippen LogP) is -3.78. The van der Waals surface area contributed by atoms with E-state index in [-0.39, 0.29) is 79.3 Å². The minimum atomic E-state index is -5.29. The molecule has 1 aliphatic heterocycles. The molecular formula is C10H19KN5O12P2. The van der Waals surface area contributed by atoms with Gasteiger partial charge in [-0.2, -0.15) is 4.31 Å². The van der Waals surface area contributed by atoms with Crippen LogP contribution in [0.15, 0.2) is 12.7 Å². The van der Waals surface area contributed by atoms with Crippen LogP contribution in [0.5, 0.6) is 0 Å². The SMILES string of the molecule is Nc1ncnc2c1ncn2[C@@H]1O[C@H](COP(=O)(O)OP(=O)(O)O)[C@@H](O)[C@H]1O.O.O.[K]. The molecule has 0 spiro atoms. The van der Waals surface area contributed by atoms with Crippen molar-refractivity contribution in [3.8, 4) is 0 Å². The summed E-state index contributed by atoms with van der Waals surface area (Å²) in [6.45, 7) is -0.813. The fraction of sp³-hybridized carbons (Fsp3) is 0.500.